The summed E-state index contributed by atoms with van der Waals surface area (Å²) >= 11 is 0. The molecule has 0 saturated heterocycles. The fraction of sp³-hybridized carbons (Fsp3) is 0.600. The van der Waals surface area contributed by atoms with E-state index in [-0.39, 0.29) is 5.54 Å². The Balaban J connectivity index is 1.86. The Bertz CT molecular complexity index is 425. The summed E-state index contributed by atoms with van der Waals surface area (Å²) in [5.74, 6) is 0.966. The molecule has 0 unspecified atom stereocenters. The van der Waals surface area contributed by atoms with Crippen LogP contribution in [0.3, 0.4) is 0 Å². The molecule has 3 rings (SSSR count). The first kappa shape index (κ1) is 11.7. The first-order valence-corrected chi connectivity index (χ1v) is 7.11. The van der Waals surface area contributed by atoms with Crippen LogP contribution in [0.1, 0.15) is 39.0 Å². The number of para-hydroxylation sites is 1. The third-order valence-electron chi connectivity index (χ3n) is 4.14. The van der Waals surface area contributed by atoms with Gasteiger partial charge in [-0.05, 0) is 31.9 Å². The molecule has 18 heavy (non-hydrogen) atoms. The van der Waals surface area contributed by atoms with Crippen LogP contribution < -0.4 is 15.4 Å². The lowest BCUT2D eigenvalue weighted by molar-refractivity contribution is 0.327. The Kier molecular flexibility index (Phi) is 3.06. The summed E-state index contributed by atoms with van der Waals surface area (Å²) in [5.41, 5.74) is 2.61. The highest BCUT2D eigenvalue weighted by Crippen LogP contribution is 2.42. The molecular formula is C15H22N2O. The molecule has 1 aromatic carbocycles. The molecule has 2 N–H and O–H groups in total. The molecule has 3 heteroatoms. The SMILES string of the molecule is CCOc1cccc2c1NCC1(CCCCC1)N2. The predicted octanol–water partition coefficient (Wildman–Crippen LogP) is 3.63. The zero-order chi connectivity index (χ0) is 12.4. The molecule has 1 heterocycles. The molecule has 2 aliphatic rings. The molecule has 3 nitrogen and oxygen atoms in total. The second kappa shape index (κ2) is 4.71. The van der Waals surface area contributed by atoms with E-state index < -0.39 is 0 Å². The Labute approximate surface area is 109 Å². The van der Waals surface area contributed by atoms with Crippen LogP contribution >= 0.6 is 0 Å². The van der Waals surface area contributed by atoms with Crippen molar-refractivity contribution in [2.45, 2.75) is 44.6 Å². The lowest BCUT2D eigenvalue weighted by Crippen LogP contribution is -2.49. The molecule has 1 aromatic rings. The van der Waals surface area contributed by atoms with Crippen LogP contribution in [0.2, 0.25) is 0 Å². The summed E-state index contributed by atoms with van der Waals surface area (Å²) in [5, 5.41) is 7.36. The summed E-state index contributed by atoms with van der Waals surface area (Å²) in [6, 6.07) is 6.26. The van der Waals surface area contributed by atoms with Crippen molar-refractivity contribution in [1.29, 1.82) is 0 Å². The van der Waals surface area contributed by atoms with Crippen LogP contribution in [0.5, 0.6) is 5.75 Å². The number of rotatable bonds is 2. The number of ether oxygens (including phenoxy) is 1. The van der Waals surface area contributed by atoms with Gasteiger partial charge in [-0.1, -0.05) is 25.3 Å². The quantitative estimate of drug-likeness (QED) is 0.836. The highest BCUT2D eigenvalue weighted by Gasteiger charge is 2.35. The van der Waals surface area contributed by atoms with Gasteiger partial charge in [-0.2, -0.15) is 0 Å². The molecule has 1 spiro atoms. The lowest BCUT2D eigenvalue weighted by atomic mass is 9.80. The van der Waals surface area contributed by atoms with Gasteiger partial charge in [-0.15, -0.1) is 0 Å². The minimum absolute atomic E-state index is 0.274. The van der Waals surface area contributed by atoms with Gasteiger partial charge in [0.15, 0.2) is 0 Å². The summed E-state index contributed by atoms with van der Waals surface area (Å²) in [7, 11) is 0. The first-order valence-electron chi connectivity index (χ1n) is 7.11. The molecule has 1 aliphatic heterocycles. The largest absolute Gasteiger partial charge is 0.492 e. The number of fused-ring (bicyclic) bond motifs is 1. The second-order valence-electron chi connectivity index (χ2n) is 5.43. The van der Waals surface area contributed by atoms with Gasteiger partial charge in [0.05, 0.1) is 17.8 Å². The number of benzene rings is 1. The van der Waals surface area contributed by atoms with Crippen LogP contribution in [0.4, 0.5) is 11.4 Å². The Morgan fingerprint density at radius 3 is 2.83 bits per heavy atom. The highest BCUT2D eigenvalue weighted by molar-refractivity contribution is 5.78. The molecule has 98 valence electrons. The van der Waals surface area contributed by atoms with Crippen molar-refractivity contribution in [3.63, 3.8) is 0 Å². The number of hydrogen-bond acceptors (Lipinski definition) is 3. The maximum atomic E-state index is 5.68. The first-order chi connectivity index (χ1) is 8.83. The van der Waals surface area contributed by atoms with Gasteiger partial charge in [-0.25, -0.2) is 0 Å². The summed E-state index contributed by atoms with van der Waals surface area (Å²) in [4.78, 5) is 0. The molecule has 1 aliphatic carbocycles. The van der Waals surface area contributed by atoms with Crippen molar-refractivity contribution in [3.05, 3.63) is 18.2 Å². The van der Waals surface area contributed by atoms with Crippen molar-refractivity contribution < 1.29 is 4.74 Å². The van der Waals surface area contributed by atoms with Gasteiger partial charge in [0.25, 0.3) is 0 Å². The Morgan fingerprint density at radius 1 is 1.22 bits per heavy atom. The van der Waals surface area contributed by atoms with Gasteiger partial charge in [0.1, 0.15) is 11.4 Å². The number of anilines is 2. The van der Waals surface area contributed by atoms with Crippen molar-refractivity contribution in [3.8, 4) is 5.75 Å². The fourth-order valence-electron chi connectivity index (χ4n) is 3.21. The molecule has 0 amide bonds. The van der Waals surface area contributed by atoms with Gasteiger partial charge in [0.2, 0.25) is 0 Å². The molecule has 1 fully saturated rings. The van der Waals surface area contributed by atoms with Crippen LogP contribution in [-0.4, -0.2) is 18.7 Å². The maximum absolute atomic E-state index is 5.68. The predicted molar refractivity (Wildman–Crippen MR) is 75.5 cm³/mol. The summed E-state index contributed by atoms with van der Waals surface area (Å²) in [6.07, 6.45) is 6.62. The zero-order valence-corrected chi connectivity index (χ0v) is 11.1. The van der Waals surface area contributed by atoms with Gasteiger partial charge < -0.3 is 15.4 Å². The van der Waals surface area contributed by atoms with Crippen LogP contribution in [0, 0.1) is 0 Å². The fourth-order valence-corrected chi connectivity index (χ4v) is 3.21. The van der Waals surface area contributed by atoms with E-state index in [0.717, 1.165) is 18.0 Å². The van der Waals surface area contributed by atoms with Crippen molar-refractivity contribution in [2.24, 2.45) is 0 Å². The average Bonchev–Trinajstić information content (AvgIpc) is 2.40. The molecule has 0 bridgehead atoms. The highest BCUT2D eigenvalue weighted by atomic mass is 16.5. The van der Waals surface area contributed by atoms with Crippen LogP contribution in [0.15, 0.2) is 18.2 Å². The standard InChI is InChI=1S/C15H22N2O/c1-2-18-13-8-6-7-12-14(13)16-11-15(17-12)9-4-3-5-10-15/h6-8,16-17H,2-5,9-11H2,1H3. The lowest BCUT2D eigenvalue weighted by Gasteiger charge is -2.43. The summed E-state index contributed by atoms with van der Waals surface area (Å²) in [6.45, 7) is 3.76. The van der Waals surface area contributed by atoms with Crippen molar-refractivity contribution in [2.75, 3.05) is 23.8 Å². The molecular weight excluding hydrogens is 224 g/mol. The van der Waals surface area contributed by atoms with Crippen LogP contribution in [0.25, 0.3) is 0 Å². The van der Waals surface area contributed by atoms with E-state index in [9.17, 15) is 0 Å². The number of hydrogen-bond donors (Lipinski definition) is 2. The molecule has 0 atom stereocenters. The van der Waals surface area contributed by atoms with E-state index in [1.165, 1.54) is 37.8 Å². The molecule has 1 saturated carbocycles. The van der Waals surface area contributed by atoms with Gasteiger partial charge >= 0.3 is 0 Å². The topological polar surface area (TPSA) is 33.3 Å². The third kappa shape index (κ3) is 2.02. The molecule has 0 radical (unpaired) electrons. The van der Waals surface area contributed by atoms with Crippen molar-refractivity contribution >= 4 is 11.4 Å². The van der Waals surface area contributed by atoms with E-state index in [1.807, 2.05) is 13.0 Å². The smallest absolute Gasteiger partial charge is 0.144 e. The van der Waals surface area contributed by atoms with Gasteiger partial charge in [-0.3, -0.25) is 0 Å². The van der Waals surface area contributed by atoms with Crippen LogP contribution in [-0.2, 0) is 0 Å². The van der Waals surface area contributed by atoms with Crippen molar-refractivity contribution in [1.82, 2.24) is 0 Å². The third-order valence-corrected chi connectivity index (χ3v) is 4.14. The monoisotopic (exact) mass is 246 g/mol. The van der Waals surface area contributed by atoms with E-state index in [0.29, 0.717) is 6.61 Å². The Hall–Kier alpha value is -1.38. The molecule has 0 aromatic heterocycles. The second-order valence-corrected chi connectivity index (χ2v) is 5.43. The van der Waals surface area contributed by atoms with E-state index in [1.54, 1.807) is 0 Å². The van der Waals surface area contributed by atoms with E-state index in [4.69, 9.17) is 4.74 Å². The zero-order valence-electron chi connectivity index (χ0n) is 11.1. The number of nitrogens with one attached hydrogen (secondary N) is 2. The van der Waals surface area contributed by atoms with Gasteiger partial charge in [0, 0.05) is 6.54 Å². The Morgan fingerprint density at radius 2 is 2.06 bits per heavy atom. The minimum atomic E-state index is 0.274. The van der Waals surface area contributed by atoms with E-state index >= 15 is 0 Å². The average molecular weight is 246 g/mol. The normalized spacial score (nSPS) is 20.7. The van der Waals surface area contributed by atoms with E-state index in [2.05, 4.69) is 22.8 Å². The minimum Gasteiger partial charge on any atom is -0.492 e. The maximum Gasteiger partial charge on any atom is 0.144 e. The summed E-state index contributed by atoms with van der Waals surface area (Å²) < 4.78 is 5.68.